The molecule has 0 saturated heterocycles. The van der Waals surface area contributed by atoms with Crippen LogP contribution < -0.4 is 4.74 Å². The molecular weight excluding hydrogens is 172 g/mol. The van der Waals surface area contributed by atoms with Crippen molar-refractivity contribution in [1.82, 2.24) is 0 Å². The van der Waals surface area contributed by atoms with Gasteiger partial charge < -0.3 is 9.84 Å². The van der Waals surface area contributed by atoms with E-state index in [1.165, 1.54) is 0 Å². The van der Waals surface area contributed by atoms with Crippen molar-refractivity contribution in [2.45, 2.75) is 17.9 Å². The highest BCUT2D eigenvalue weighted by molar-refractivity contribution is 7.80. The third-order valence-electron chi connectivity index (χ3n) is 1.45. The van der Waals surface area contributed by atoms with Crippen LogP contribution in [0.1, 0.15) is 6.92 Å². The first-order chi connectivity index (χ1) is 5.74. The zero-order chi connectivity index (χ0) is 8.97. The van der Waals surface area contributed by atoms with E-state index in [2.05, 4.69) is 12.6 Å². The van der Waals surface area contributed by atoms with E-state index in [0.29, 0.717) is 5.75 Å². The van der Waals surface area contributed by atoms with Crippen molar-refractivity contribution in [3.8, 4) is 5.75 Å². The zero-order valence-corrected chi connectivity index (χ0v) is 7.79. The molecule has 1 atom stereocenters. The molecule has 0 heterocycles. The largest absolute Gasteiger partial charge is 0.487 e. The molecule has 0 bridgehead atoms. The lowest BCUT2D eigenvalue weighted by molar-refractivity contribution is 0.127. The van der Waals surface area contributed by atoms with Crippen LogP contribution in [0, 0.1) is 0 Å². The van der Waals surface area contributed by atoms with Crippen LogP contribution in [0.25, 0.3) is 0 Å². The molecule has 0 amide bonds. The Morgan fingerprint density at radius 1 is 1.50 bits per heavy atom. The minimum Gasteiger partial charge on any atom is -0.487 e. The average molecular weight is 184 g/mol. The maximum atomic E-state index is 8.74. The molecule has 0 aliphatic heterocycles. The second kappa shape index (κ2) is 4.38. The monoisotopic (exact) mass is 184 g/mol. The minimum absolute atomic E-state index is 0.0160. The van der Waals surface area contributed by atoms with Crippen LogP contribution in [0.5, 0.6) is 5.75 Å². The van der Waals surface area contributed by atoms with Gasteiger partial charge in [0.15, 0.2) is 0 Å². The maximum absolute atomic E-state index is 8.74. The molecule has 12 heavy (non-hydrogen) atoms. The third-order valence-corrected chi connectivity index (χ3v) is 1.82. The molecule has 1 aromatic carbocycles. The summed E-state index contributed by atoms with van der Waals surface area (Å²) in [5.74, 6) is 0.711. The summed E-state index contributed by atoms with van der Waals surface area (Å²) in [4.78, 5) is 0.790. The Morgan fingerprint density at radius 3 is 2.75 bits per heavy atom. The van der Waals surface area contributed by atoms with Crippen LogP contribution in [0.3, 0.4) is 0 Å². The number of hydrogen-bond acceptors (Lipinski definition) is 3. The van der Waals surface area contributed by atoms with E-state index in [1.54, 1.807) is 6.92 Å². The van der Waals surface area contributed by atoms with Gasteiger partial charge in [-0.1, -0.05) is 12.1 Å². The quantitative estimate of drug-likeness (QED) is 0.701. The topological polar surface area (TPSA) is 29.5 Å². The molecule has 1 unspecified atom stereocenters. The molecule has 0 fully saturated rings. The minimum atomic E-state index is -0.182. The summed E-state index contributed by atoms with van der Waals surface area (Å²) in [5, 5.41) is 8.74. The van der Waals surface area contributed by atoms with Crippen molar-refractivity contribution >= 4 is 12.6 Å². The maximum Gasteiger partial charge on any atom is 0.133 e. The number of thiol groups is 1. The molecular formula is C9H12O2S. The van der Waals surface area contributed by atoms with Crippen molar-refractivity contribution in [3.05, 3.63) is 24.3 Å². The van der Waals surface area contributed by atoms with Gasteiger partial charge in [0, 0.05) is 4.90 Å². The lowest BCUT2D eigenvalue weighted by Gasteiger charge is -2.12. The first kappa shape index (κ1) is 9.42. The molecule has 0 aliphatic rings. The fourth-order valence-electron chi connectivity index (χ4n) is 0.811. The van der Waals surface area contributed by atoms with E-state index in [9.17, 15) is 0 Å². The smallest absolute Gasteiger partial charge is 0.133 e. The molecule has 66 valence electrons. The van der Waals surface area contributed by atoms with E-state index >= 15 is 0 Å². The summed E-state index contributed by atoms with van der Waals surface area (Å²) in [5.41, 5.74) is 0. The Kier molecular flexibility index (Phi) is 3.44. The molecule has 0 saturated carbocycles. The predicted molar refractivity (Wildman–Crippen MR) is 50.9 cm³/mol. The number of para-hydroxylation sites is 1. The fraction of sp³-hybridized carbons (Fsp3) is 0.333. The highest BCUT2D eigenvalue weighted by Crippen LogP contribution is 2.22. The van der Waals surface area contributed by atoms with Gasteiger partial charge in [-0.3, -0.25) is 0 Å². The molecule has 0 radical (unpaired) electrons. The summed E-state index contributed by atoms with van der Waals surface area (Å²) in [7, 11) is 0. The molecule has 1 aromatic rings. The summed E-state index contributed by atoms with van der Waals surface area (Å²) in [6.07, 6.45) is -0.182. The number of rotatable bonds is 3. The Labute approximate surface area is 77.6 Å². The highest BCUT2D eigenvalue weighted by Gasteiger charge is 2.03. The van der Waals surface area contributed by atoms with Crippen molar-refractivity contribution in [2.75, 3.05) is 6.61 Å². The second-order valence-corrected chi connectivity index (χ2v) is 3.06. The molecule has 2 nitrogen and oxygen atoms in total. The van der Waals surface area contributed by atoms with Crippen LogP contribution in [0.4, 0.5) is 0 Å². The van der Waals surface area contributed by atoms with Gasteiger partial charge in [-0.05, 0) is 19.1 Å². The first-order valence-electron chi connectivity index (χ1n) is 3.79. The van der Waals surface area contributed by atoms with E-state index in [1.807, 2.05) is 24.3 Å². The van der Waals surface area contributed by atoms with Gasteiger partial charge in [-0.2, -0.15) is 0 Å². The summed E-state index contributed by atoms with van der Waals surface area (Å²) in [6, 6.07) is 7.44. The number of benzene rings is 1. The zero-order valence-electron chi connectivity index (χ0n) is 6.90. The van der Waals surface area contributed by atoms with E-state index in [0.717, 1.165) is 4.90 Å². The molecule has 0 aromatic heterocycles. The molecule has 0 spiro atoms. The Balaban J connectivity index is 2.69. The van der Waals surface area contributed by atoms with Crippen LogP contribution in [-0.4, -0.2) is 17.8 Å². The molecule has 3 heteroatoms. The predicted octanol–water partition coefficient (Wildman–Crippen LogP) is 1.73. The molecule has 1 rings (SSSR count). The van der Waals surface area contributed by atoms with Gasteiger partial charge in [0.25, 0.3) is 0 Å². The van der Waals surface area contributed by atoms with Gasteiger partial charge in [0.05, 0.1) is 6.61 Å². The van der Waals surface area contributed by atoms with Gasteiger partial charge in [0.1, 0.15) is 11.9 Å². The number of ether oxygens (including phenoxy) is 1. The summed E-state index contributed by atoms with van der Waals surface area (Å²) < 4.78 is 5.37. The van der Waals surface area contributed by atoms with Crippen molar-refractivity contribution in [1.29, 1.82) is 0 Å². The van der Waals surface area contributed by atoms with Crippen molar-refractivity contribution in [3.63, 3.8) is 0 Å². The first-order valence-corrected chi connectivity index (χ1v) is 4.24. The lowest BCUT2D eigenvalue weighted by atomic mass is 10.3. The number of aliphatic hydroxyl groups excluding tert-OH is 1. The van der Waals surface area contributed by atoms with Gasteiger partial charge in [-0.25, -0.2) is 0 Å². The Bertz CT molecular complexity index is 250. The standard InChI is InChI=1S/C9H12O2S/c1-7(6-10)11-8-4-2-3-5-9(8)12/h2-5,7,10,12H,6H2,1H3. The van der Waals surface area contributed by atoms with Crippen molar-refractivity contribution in [2.24, 2.45) is 0 Å². The van der Waals surface area contributed by atoms with E-state index in [4.69, 9.17) is 9.84 Å². The fourth-order valence-corrected chi connectivity index (χ4v) is 1.02. The summed E-state index contributed by atoms with van der Waals surface area (Å²) >= 11 is 4.20. The SMILES string of the molecule is CC(CO)Oc1ccccc1S. The number of aliphatic hydroxyl groups is 1. The highest BCUT2D eigenvalue weighted by atomic mass is 32.1. The second-order valence-electron chi connectivity index (χ2n) is 2.58. The van der Waals surface area contributed by atoms with E-state index in [-0.39, 0.29) is 12.7 Å². The van der Waals surface area contributed by atoms with Crippen LogP contribution in [-0.2, 0) is 0 Å². The van der Waals surface area contributed by atoms with Crippen LogP contribution in [0.2, 0.25) is 0 Å². The molecule has 0 aliphatic carbocycles. The van der Waals surface area contributed by atoms with Gasteiger partial charge in [-0.15, -0.1) is 12.6 Å². The van der Waals surface area contributed by atoms with Crippen LogP contribution >= 0.6 is 12.6 Å². The molecule has 1 N–H and O–H groups in total. The summed E-state index contributed by atoms with van der Waals surface area (Å²) in [6.45, 7) is 1.82. The lowest BCUT2D eigenvalue weighted by Crippen LogP contribution is -2.16. The van der Waals surface area contributed by atoms with Crippen molar-refractivity contribution < 1.29 is 9.84 Å². The Morgan fingerprint density at radius 2 is 2.17 bits per heavy atom. The van der Waals surface area contributed by atoms with Gasteiger partial charge >= 0.3 is 0 Å². The van der Waals surface area contributed by atoms with E-state index < -0.39 is 0 Å². The van der Waals surface area contributed by atoms with Gasteiger partial charge in [0.2, 0.25) is 0 Å². The third kappa shape index (κ3) is 2.43. The normalized spacial score (nSPS) is 12.6. The van der Waals surface area contributed by atoms with Crippen LogP contribution in [0.15, 0.2) is 29.2 Å². The number of hydrogen-bond donors (Lipinski definition) is 2. The average Bonchev–Trinajstić information content (AvgIpc) is 2.09. The Hall–Kier alpha value is -0.670.